The lowest BCUT2D eigenvalue weighted by Crippen LogP contribution is -2.54. The maximum Gasteiger partial charge on any atom is 0.153 e. The highest BCUT2D eigenvalue weighted by atomic mass is 32.2. The number of nitrogens with zero attached hydrogens (tertiary/aromatic N) is 1. The van der Waals surface area contributed by atoms with Gasteiger partial charge < -0.3 is 5.32 Å². The Morgan fingerprint density at radius 2 is 2.11 bits per heavy atom. The summed E-state index contributed by atoms with van der Waals surface area (Å²) in [6, 6.07) is 1.40. The molecule has 0 aromatic heterocycles. The summed E-state index contributed by atoms with van der Waals surface area (Å²) in [7, 11) is -2.79. The predicted molar refractivity (Wildman–Crippen MR) is 74.5 cm³/mol. The van der Waals surface area contributed by atoms with Gasteiger partial charge >= 0.3 is 0 Å². The van der Waals surface area contributed by atoms with Crippen LogP contribution in [0.3, 0.4) is 0 Å². The van der Waals surface area contributed by atoms with Crippen molar-refractivity contribution in [2.45, 2.75) is 57.7 Å². The zero-order valence-electron chi connectivity index (χ0n) is 11.6. The third-order valence-electron chi connectivity index (χ3n) is 4.03. The Morgan fingerprint density at radius 3 is 2.67 bits per heavy atom. The summed E-state index contributed by atoms with van der Waals surface area (Å²) in [6.07, 6.45) is 4.93. The lowest BCUT2D eigenvalue weighted by molar-refractivity contribution is 0.145. The van der Waals surface area contributed by atoms with Gasteiger partial charge in [0.15, 0.2) is 9.84 Å². The molecule has 0 spiro atoms. The van der Waals surface area contributed by atoms with Gasteiger partial charge in [-0.15, -0.1) is 0 Å². The first-order chi connectivity index (χ1) is 8.52. The molecule has 0 amide bonds. The standard InChI is InChI=1S/C13H26N2O2S/c1-3-4-13(9-14-12-5-6-12)15-7-8-18(16,17)10-11(15)2/h11-14H,3-10H2,1-2H3. The Kier molecular flexibility index (Phi) is 4.67. The van der Waals surface area contributed by atoms with E-state index >= 15 is 0 Å². The molecule has 2 fully saturated rings. The maximum atomic E-state index is 11.6. The van der Waals surface area contributed by atoms with Crippen molar-refractivity contribution >= 4 is 9.84 Å². The van der Waals surface area contributed by atoms with Crippen LogP contribution in [-0.4, -0.2) is 56.0 Å². The highest BCUT2D eigenvalue weighted by molar-refractivity contribution is 7.91. The Hall–Kier alpha value is -0.130. The Labute approximate surface area is 111 Å². The van der Waals surface area contributed by atoms with Crippen molar-refractivity contribution in [3.8, 4) is 0 Å². The van der Waals surface area contributed by atoms with Crippen LogP contribution in [0.25, 0.3) is 0 Å². The molecular weight excluding hydrogens is 248 g/mol. The first-order valence-electron chi connectivity index (χ1n) is 7.21. The van der Waals surface area contributed by atoms with Crippen LogP contribution < -0.4 is 5.32 Å². The minimum Gasteiger partial charge on any atom is -0.312 e. The van der Waals surface area contributed by atoms with Gasteiger partial charge in [0.25, 0.3) is 0 Å². The fourth-order valence-corrected chi connectivity index (χ4v) is 4.44. The lowest BCUT2D eigenvalue weighted by atomic mass is 10.1. The Bertz CT molecular complexity index is 365. The van der Waals surface area contributed by atoms with E-state index in [1.54, 1.807) is 0 Å². The molecule has 106 valence electrons. The van der Waals surface area contributed by atoms with Gasteiger partial charge in [0.1, 0.15) is 0 Å². The van der Waals surface area contributed by atoms with Crippen molar-refractivity contribution in [2.24, 2.45) is 0 Å². The van der Waals surface area contributed by atoms with Crippen molar-refractivity contribution in [3.63, 3.8) is 0 Å². The maximum absolute atomic E-state index is 11.6. The van der Waals surface area contributed by atoms with Crippen LogP contribution in [0.2, 0.25) is 0 Å². The molecule has 1 heterocycles. The molecule has 1 saturated carbocycles. The molecule has 2 rings (SSSR count). The van der Waals surface area contributed by atoms with E-state index in [0.717, 1.165) is 25.4 Å². The number of rotatable bonds is 6. The second-order valence-corrected chi connectivity index (χ2v) is 8.05. The molecule has 0 radical (unpaired) electrons. The molecule has 2 aliphatic rings. The average Bonchev–Trinajstić information content (AvgIpc) is 3.07. The molecule has 4 nitrogen and oxygen atoms in total. The molecule has 1 saturated heterocycles. The van der Waals surface area contributed by atoms with Gasteiger partial charge in [0.05, 0.1) is 11.5 Å². The topological polar surface area (TPSA) is 49.4 Å². The summed E-state index contributed by atoms with van der Waals surface area (Å²) in [6.45, 7) is 5.98. The minimum absolute atomic E-state index is 0.168. The summed E-state index contributed by atoms with van der Waals surface area (Å²) in [5, 5.41) is 3.59. The van der Waals surface area contributed by atoms with E-state index in [2.05, 4.69) is 24.1 Å². The van der Waals surface area contributed by atoms with Gasteiger partial charge in [0.2, 0.25) is 0 Å². The number of sulfone groups is 1. The van der Waals surface area contributed by atoms with Crippen LogP contribution in [0.15, 0.2) is 0 Å². The van der Waals surface area contributed by atoms with E-state index in [4.69, 9.17) is 0 Å². The summed E-state index contributed by atoms with van der Waals surface area (Å²) in [4.78, 5) is 2.40. The number of hydrogen-bond acceptors (Lipinski definition) is 4. The first kappa shape index (κ1) is 14.3. The molecule has 1 aliphatic heterocycles. The molecule has 2 unspecified atom stereocenters. The summed E-state index contributed by atoms with van der Waals surface area (Å²) in [5.41, 5.74) is 0. The van der Waals surface area contributed by atoms with Gasteiger partial charge in [-0.2, -0.15) is 0 Å². The molecule has 0 aromatic carbocycles. The van der Waals surface area contributed by atoms with E-state index in [1.807, 2.05) is 0 Å². The van der Waals surface area contributed by atoms with Gasteiger partial charge in [-0.3, -0.25) is 4.90 Å². The van der Waals surface area contributed by atoms with Crippen molar-refractivity contribution < 1.29 is 8.42 Å². The van der Waals surface area contributed by atoms with E-state index < -0.39 is 9.84 Å². The molecule has 18 heavy (non-hydrogen) atoms. The van der Waals surface area contributed by atoms with Crippen molar-refractivity contribution in [1.82, 2.24) is 10.2 Å². The molecule has 1 aliphatic carbocycles. The number of hydrogen-bond donors (Lipinski definition) is 1. The second kappa shape index (κ2) is 5.88. The van der Waals surface area contributed by atoms with Crippen molar-refractivity contribution in [3.05, 3.63) is 0 Å². The van der Waals surface area contributed by atoms with E-state index in [9.17, 15) is 8.42 Å². The third kappa shape index (κ3) is 3.93. The van der Waals surface area contributed by atoms with E-state index in [0.29, 0.717) is 24.1 Å². The fraction of sp³-hybridized carbons (Fsp3) is 1.00. The number of nitrogens with one attached hydrogen (secondary N) is 1. The van der Waals surface area contributed by atoms with Gasteiger partial charge in [-0.1, -0.05) is 13.3 Å². The highest BCUT2D eigenvalue weighted by Crippen LogP contribution is 2.21. The van der Waals surface area contributed by atoms with Crippen LogP contribution >= 0.6 is 0 Å². The third-order valence-corrected chi connectivity index (χ3v) is 5.83. The highest BCUT2D eigenvalue weighted by Gasteiger charge is 2.33. The first-order valence-corrected chi connectivity index (χ1v) is 9.03. The monoisotopic (exact) mass is 274 g/mol. The average molecular weight is 274 g/mol. The summed E-state index contributed by atoms with van der Waals surface area (Å²) in [5.74, 6) is 0.664. The lowest BCUT2D eigenvalue weighted by Gasteiger charge is -2.39. The van der Waals surface area contributed by atoms with Crippen LogP contribution in [0.5, 0.6) is 0 Å². The Morgan fingerprint density at radius 1 is 1.39 bits per heavy atom. The van der Waals surface area contributed by atoms with Gasteiger partial charge in [-0.05, 0) is 26.2 Å². The molecule has 5 heteroatoms. The van der Waals surface area contributed by atoms with Crippen molar-refractivity contribution in [2.75, 3.05) is 24.6 Å². The van der Waals surface area contributed by atoms with E-state index in [-0.39, 0.29) is 6.04 Å². The predicted octanol–water partition coefficient (Wildman–Crippen LogP) is 1.03. The van der Waals surface area contributed by atoms with Gasteiger partial charge in [0, 0.05) is 31.2 Å². The molecule has 2 atom stereocenters. The SMILES string of the molecule is CCCC(CNC1CC1)N1CCS(=O)(=O)CC1C. The molecule has 0 aromatic rings. The van der Waals surface area contributed by atoms with Crippen LogP contribution in [0.1, 0.15) is 39.5 Å². The fourth-order valence-electron chi connectivity index (χ4n) is 2.86. The Balaban J connectivity index is 1.91. The minimum atomic E-state index is -2.79. The second-order valence-electron chi connectivity index (χ2n) is 5.83. The quantitative estimate of drug-likeness (QED) is 0.786. The van der Waals surface area contributed by atoms with Gasteiger partial charge in [-0.25, -0.2) is 8.42 Å². The summed E-state index contributed by atoms with van der Waals surface area (Å²) >= 11 is 0. The zero-order valence-corrected chi connectivity index (χ0v) is 12.4. The molecule has 1 N–H and O–H groups in total. The summed E-state index contributed by atoms with van der Waals surface area (Å²) < 4.78 is 23.2. The molecular formula is C13H26N2O2S. The van der Waals surface area contributed by atoms with Crippen LogP contribution in [-0.2, 0) is 9.84 Å². The van der Waals surface area contributed by atoms with Crippen molar-refractivity contribution in [1.29, 1.82) is 0 Å². The normalized spacial score (nSPS) is 30.2. The largest absolute Gasteiger partial charge is 0.312 e. The van der Waals surface area contributed by atoms with E-state index in [1.165, 1.54) is 12.8 Å². The molecule has 0 bridgehead atoms. The van der Waals surface area contributed by atoms with Crippen LogP contribution in [0.4, 0.5) is 0 Å². The van der Waals surface area contributed by atoms with Crippen LogP contribution in [0, 0.1) is 0 Å². The zero-order chi connectivity index (χ0) is 13.2. The smallest absolute Gasteiger partial charge is 0.153 e.